The summed E-state index contributed by atoms with van der Waals surface area (Å²) < 4.78 is 6.87. The third-order valence-corrected chi connectivity index (χ3v) is 4.66. The molecule has 5 heteroatoms. The Morgan fingerprint density at radius 1 is 1.39 bits per heavy atom. The molecule has 0 fully saturated rings. The molecule has 96 valence electrons. The van der Waals surface area contributed by atoms with Crippen molar-refractivity contribution in [1.29, 1.82) is 0 Å². The lowest BCUT2D eigenvalue weighted by Crippen LogP contribution is -1.99. The molecule has 0 aliphatic heterocycles. The fourth-order valence-corrected chi connectivity index (χ4v) is 3.45. The Hall–Kier alpha value is -1.20. The Morgan fingerprint density at radius 2 is 2.22 bits per heavy atom. The van der Waals surface area contributed by atoms with Crippen LogP contribution in [0.4, 0.5) is 5.13 Å². The zero-order valence-corrected chi connectivity index (χ0v) is 12.1. The van der Waals surface area contributed by atoms with Gasteiger partial charge in [0.1, 0.15) is 5.75 Å². The van der Waals surface area contributed by atoms with E-state index < -0.39 is 0 Å². The molecule has 0 spiro atoms. The van der Waals surface area contributed by atoms with Gasteiger partial charge in [0.15, 0.2) is 5.13 Å². The van der Waals surface area contributed by atoms with Gasteiger partial charge in [0.05, 0.1) is 16.5 Å². The number of aryl methyl sites for hydroxylation is 2. The fraction of sp³-hybridized carbons (Fsp3) is 0.308. The van der Waals surface area contributed by atoms with Crippen molar-refractivity contribution in [3.05, 3.63) is 35.5 Å². The molecule has 0 radical (unpaired) electrons. The summed E-state index contributed by atoms with van der Waals surface area (Å²) in [4.78, 5) is 4.19. The number of anilines is 1. The van der Waals surface area contributed by atoms with Crippen LogP contribution in [-0.4, -0.2) is 17.3 Å². The van der Waals surface area contributed by atoms with Crippen LogP contribution < -0.4 is 10.5 Å². The highest BCUT2D eigenvalue weighted by Gasteiger charge is 2.05. The van der Waals surface area contributed by atoms with Crippen molar-refractivity contribution >= 4 is 28.2 Å². The number of hydrogen-bond acceptors (Lipinski definition) is 5. The molecule has 0 saturated heterocycles. The van der Waals surface area contributed by atoms with Gasteiger partial charge in [-0.15, -0.1) is 11.8 Å². The number of nitrogens with two attached hydrogens (primary N) is 1. The summed E-state index contributed by atoms with van der Waals surface area (Å²) in [6.07, 6.45) is 0. The molecular formula is C13H16N2OS2. The highest BCUT2D eigenvalue weighted by molar-refractivity contribution is 8.01. The smallest absolute Gasteiger partial charge is 0.181 e. The molecule has 0 atom stereocenters. The van der Waals surface area contributed by atoms with Gasteiger partial charge in [-0.25, -0.2) is 4.98 Å². The second-order valence-electron chi connectivity index (χ2n) is 3.94. The number of rotatable bonds is 5. The van der Waals surface area contributed by atoms with Crippen LogP contribution in [0.2, 0.25) is 0 Å². The quantitative estimate of drug-likeness (QED) is 0.672. The van der Waals surface area contributed by atoms with Crippen molar-refractivity contribution in [3.63, 3.8) is 0 Å². The maximum Gasteiger partial charge on any atom is 0.181 e. The molecule has 0 unspecified atom stereocenters. The number of nitrogen functional groups attached to an aromatic ring is 1. The van der Waals surface area contributed by atoms with Gasteiger partial charge in [0, 0.05) is 5.75 Å². The first-order valence-corrected chi connectivity index (χ1v) is 7.50. The monoisotopic (exact) mass is 280 g/mol. The summed E-state index contributed by atoms with van der Waals surface area (Å²) in [6.45, 7) is 4.73. The molecule has 1 heterocycles. The van der Waals surface area contributed by atoms with Gasteiger partial charge in [-0.05, 0) is 31.5 Å². The van der Waals surface area contributed by atoms with E-state index in [1.165, 1.54) is 21.1 Å². The average Bonchev–Trinajstić information content (AvgIpc) is 2.64. The van der Waals surface area contributed by atoms with Crippen LogP contribution in [0.15, 0.2) is 28.5 Å². The SMILES string of the molecule is Cc1cccc(OCCSc2sc(N)nc2C)c1. The van der Waals surface area contributed by atoms with E-state index in [4.69, 9.17) is 10.5 Å². The zero-order chi connectivity index (χ0) is 13.0. The molecule has 2 rings (SSSR count). The molecule has 1 aromatic carbocycles. The summed E-state index contributed by atoms with van der Waals surface area (Å²) in [7, 11) is 0. The largest absolute Gasteiger partial charge is 0.493 e. The van der Waals surface area contributed by atoms with Crippen molar-refractivity contribution in [3.8, 4) is 5.75 Å². The van der Waals surface area contributed by atoms with E-state index in [1.807, 2.05) is 25.1 Å². The molecule has 18 heavy (non-hydrogen) atoms. The topological polar surface area (TPSA) is 48.1 Å². The van der Waals surface area contributed by atoms with E-state index in [0.29, 0.717) is 11.7 Å². The van der Waals surface area contributed by atoms with Gasteiger partial charge < -0.3 is 10.5 Å². The van der Waals surface area contributed by atoms with Crippen LogP contribution in [0.25, 0.3) is 0 Å². The summed E-state index contributed by atoms with van der Waals surface area (Å²) in [5.41, 5.74) is 7.88. The van der Waals surface area contributed by atoms with Crippen molar-refractivity contribution in [2.45, 2.75) is 18.1 Å². The lowest BCUT2D eigenvalue weighted by Gasteiger charge is -2.06. The minimum absolute atomic E-state index is 0.634. The second-order valence-corrected chi connectivity index (χ2v) is 6.33. The Morgan fingerprint density at radius 3 is 2.89 bits per heavy atom. The zero-order valence-electron chi connectivity index (χ0n) is 10.5. The lowest BCUT2D eigenvalue weighted by atomic mass is 10.2. The highest BCUT2D eigenvalue weighted by Crippen LogP contribution is 2.30. The minimum atomic E-state index is 0.634. The predicted octanol–water partition coefficient (Wildman–Crippen LogP) is 3.51. The molecule has 2 N–H and O–H groups in total. The molecule has 3 nitrogen and oxygen atoms in total. The molecule has 0 aliphatic carbocycles. The maximum atomic E-state index is 5.69. The van der Waals surface area contributed by atoms with Gasteiger partial charge in [-0.2, -0.15) is 0 Å². The molecule has 0 amide bonds. The number of thiazole rings is 1. The molecule has 1 aromatic heterocycles. The van der Waals surface area contributed by atoms with Gasteiger partial charge in [-0.1, -0.05) is 23.5 Å². The summed E-state index contributed by atoms with van der Waals surface area (Å²) in [5, 5.41) is 0.634. The number of thioether (sulfide) groups is 1. The number of aromatic nitrogens is 1. The molecular weight excluding hydrogens is 264 g/mol. The molecule has 2 aromatic rings. The van der Waals surface area contributed by atoms with Crippen molar-refractivity contribution in [2.75, 3.05) is 18.1 Å². The third kappa shape index (κ3) is 3.65. The summed E-state index contributed by atoms with van der Waals surface area (Å²) >= 11 is 3.28. The Kier molecular flexibility index (Phi) is 4.49. The highest BCUT2D eigenvalue weighted by atomic mass is 32.2. The van der Waals surface area contributed by atoms with E-state index >= 15 is 0 Å². The average molecular weight is 280 g/mol. The fourth-order valence-electron chi connectivity index (χ4n) is 1.54. The first-order chi connectivity index (χ1) is 8.65. The van der Waals surface area contributed by atoms with Crippen molar-refractivity contribution < 1.29 is 4.74 Å². The summed E-state index contributed by atoms with van der Waals surface area (Å²) in [5.74, 6) is 1.83. The lowest BCUT2D eigenvalue weighted by molar-refractivity contribution is 0.344. The van der Waals surface area contributed by atoms with Gasteiger partial charge in [0.25, 0.3) is 0 Å². The van der Waals surface area contributed by atoms with Crippen LogP contribution in [-0.2, 0) is 0 Å². The predicted molar refractivity (Wildman–Crippen MR) is 78.7 cm³/mol. The van der Waals surface area contributed by atoms with E-state index in [2.05, 4.69) is 18.0 Å². The standard InChI is InChI=1S/C13H16N2OS2/c1-9-4-3-5-11(8-9)16-6-7-17-12-10(2)15-13(14)18-12/h3-5,8H,6-7H2,1-2H3,(H2,14,15). The van der Waals surface area contributed by atoms with E-state index in [9.17, 15) is 0 Å². The Balaban J connectivity index is 1.78. The molecule has 0 aliphatic rings. The maximum absolute atomic E-state index is 5.69. The van der Waals surface area contributed by atoms with Crippen LogP contribution in [0.5, 0.6) is 5.75 Å². The van der Waals surface area contributed by atoms with Crippen LogP contribution in [0.3, 0.4) is 0 Å². The second kappa shape index (κ2) is 6.11. The van der Waals surface area contributed by atoms with Crippen LogP contribution >= 0.6 is 23.1 Å². The van der Waals surface area contributed by atoms with Crippen molar-refractivity contribution in [2.24, 2.45) is 0 Å². The number of nitrogens with zero attached hydrogens (tertiary/aromatic N) is 1. The van der Waals surface area contributed by atoms with E-state index in [-0.39, 0.29) is 0 Å². The third-order valence-electron chi connectivity index (χ3n) is 2.35. The first-order valence-electron chi connectivity index (χ1n) is 5.70. The normalized spacial score (nSPS) is 10.6. The van der Waals surface area contributed by atoms with Crippen molar-refractivity contribution in [1.82, 2.24) is 4.98 Å². The Labute approximate surface area is 115 Å². The minimum Gasteiger partial charge on any atom is -0.493 e. The van der Waals surface area contributed by atoms with Crippen LogP contribution in [0, 0.1) is 13.8 Å². The molecule has 0 bridgehead atoms. The number of ether oxygens (including phenoxy) is 1. The van der Waals surface area contributed by atoms with E-state index in [0.717, 1.165) is 17.2 Å². The number of hydrogen-bond donors (Lipinski definition) is 1. The summed E-state index contributed by atoms with van der Waals surface area (Å²) in [6, 6.07) is 8.09. The Bertz CT molecular complexity index is 525. The first kappa shape index (κ1) is 13.2. The number of benzene rings is 1. The van der Waals surface area contributed by atoms with E-state index in [1.54, 1.807) is 11.8 Å². The molecule has 0 saturated carbocycles. The van der Waals surface area contributed by atoms with Gasteiger partial charge in [-0.3, -0.25) is 0 Å². The van der Waals surface area contributed by atoms with Crippen LogP contribution in [0.1, 0.15) is 11.3 Å². The van der Waals surface area contributed by atoms with Gasteiger partial charge >= 0.3 is 0 Å². The van der Waals surface area contributed by atoms with Gasteiger partial charge in [0.2, 0.25) is 0 Å².